The molecule has 0 amide bonds. The first-order valence-electron chi connectivity index (χ1n) is 8.96. The van der Waals surface area contributed by atoms with Crippen molar-refractivity contribution in [2.24, 2.45) is 0 Å². The number of hydrogen-bond donors (Lipinski definition) is 0. The summed E-state index contributed by atoms with van der Waals surface area (Å²) >= 11 is 6.08. The van der Waals surface area contributed by atoms with Gasteiger partial charge < -0.3 is 14.2 Å². The first-order valence-corrected chi connectivity index (χ1v) is 9.50. The van der Waals surface area contributed by atoms with E-state index >= 15 is 0 Å². The third-order valence-electron chi connectivity index (χ3n) is 5.60. The van der Waals surface area contributed by atoms with Crippen LogP contribution in [0.2, 0.25) is 0 Å². The third-order valence-corrected chi connectivity index (χ3v) is 5.77. The van der Waals surface area contributed by atoms with Crippen LogP contribution in [0, 0.1) is 0 Å². The van der Waals surface area contributed by atoms with E-state index in [0.29, 0.717) is 11.9 Å². The number of benzene rings is 2. The van der Waals surface area contributed by atoms with E-state index in [9.17, 15) is 0 Å². The summed E-state index contributed by atoms with van der Waals surface area (Å²) in [6.07, 6.45) is 1.97. The summed E-state index contributed by atoms with van der Waals surface area (Å²) in [6.45, 7) is 1.93. The molecule has 1 heterocycles. The zero-order chi connectivity index (χ0) is 18.3. The van der Waals surface area contributed by atoms with Crippen molar-refractivity contribution in [2.45, 2.75) is 18.9 Å². The van der Waals surface area contributed by atoms with E-state index < -0.39 is 0 Å². The fourth-order valence-corrected chi connectivity index (χ4v) is 4.68. The van der Waals surface area contributed by atoms with Crippen LogP contribution in [0.4, 0.5) is 0 Å². The van der Waals surface area contributed by atoms with Gasteiger partial charge >= 0.3 is 0 Å². The molecule has 0 unspecified atom stereocenters. The lowest BCUT2D eigenvalue weighted by Crippen LogP contribution is -2.39. The van der Waals surface area contributed by atoms with Gasteiger partial charge in [0.1, 0.15) is 5.75 Å². The van der Waals surface area contributed by atoms with Crippen molar-refractivity contribution >= 4 is 11.6 Å². The standard InChI is InChI=1S/C21H24ClNO3/c1-24-15-10-14-6-8-23(9-7-22)17-11-13-4-5-18(25-2)21(26-3)20(13)16(12-15)19(14)17/h4-5,10,12,17H,6-9,11H2,1-3H3/t17-/m1/s1. The molecule has 4 rings (SSSR count). The van der Waals surface area contributed by atoms with Gasteiger partial charge in [0.25, 0.3) is 0 Å². The van der Waals surface area contributed by atoms with Crippen LogP contribution in [-0.2, 0) is 12.8 Å². The van der Waals surface area contributed by atoms with Crippen molar-refractivity contribution in [1.82, 2.24) is 4.90 Å². The van der Waals surface area contributed by atoms with Crippen molar-refractivity contribution in [3.05, 3.63) is 41.0 Å². The van der Waals surface area contributed by atoms with Crippen LogP contribution >= 0.6 is 11.6 Å². The molecule has 4 nitrogen and oxygen atoms in total. The highest BCUT2D eigenvalue weighted by atomic mass is 35.5. The molecule has 0 saturated carbocycles. The predicted octanol–water partition coefficient (Wildman–Crippen LogP) is 4.07. The van der Waals surface area contributed by atoms with E-state index in [1.807, 2.05) is 6.07 Å². The van der Waals surface area contributed by atoms with Crippen molar-refractivity contribution in [1.29, 1.82) is 0 Å². The molecule has 5 heteroatoms. The van der Waals surface area contributed by atoms with E-state index in [4.69, 9.17) is 25.8 Å². The number of ether oxygens (including phenoxy) is 3. The van der Waals surface area contributed by atoms with Gasteiger partial charge in [0.2, 0.25) is 0 Å². The Morgan fingerprint density at radius 1 is 1.08 bits per heavy atom. The van der Waals surface area contributed by atoms with E-state index in [0.717, 1.165) is 48.7 Å². The molecule has 0 fully saturated rings. The summed E-state index contributed by atoms with van der Waals surface area (Å²) in [6, 6.07) is 8.83. The maximum Gasteiger partial charge on any atom is 0.168 e. The topological polar surface area (TPSA) is 30.9 Å². The first kappa shape index (κ1) is 17.5. The zero-order valence-corrected chi connectivity index (χ0v) is 16.2. The molecule has 1 aliphatic heterocycles. The molecule has 0 aromatic heterocycles. The molecule has 2 aliphatic rings. The zero-order valence-electron chi connectivity index (χ0n) is 15.5. The maximum atomic E-state index is 6.08. The molecule has 1 aliphatic carbocycles. The Bertz CT molecular complexity index is 836. The average Bonchev–Trinajstić information content (AvgIpc) is 2.68. The Labute approximate surface area is 159 Å². The SMILES string of the molecule is COc1cc2c3c(c1)-c1c(ccc(OC)c1OC)C[C@H]3N(CCCl)CC2. The second-order valence-electron chi connectivity index (χ2n) is 6.78. The van der Waals surface area contributed by atoms with Gasteiger partial charge in [-0.2, -0.15) is 0 Å². The highest BCUT2D eigenvalue weighted by molar-refractivity contribution is 6.18. The van der Waals surface area contributed by atoms with Gasteiger partial charge in [-0.3, -0.25) is 4.90 Å². The van der Waals surface area contributed by atoms with E-state index in [1.165, 1.54) is 22.3 Å². The summed E-state index contributed by atoms with van der Waals surface area (Å²) in [5.41, 5.74) is 6.36. The molecule has 0 bridgehead atoms. The second-order valence-corrected chi connectivity index (χ2v) is 7.16. The Balaban J connectivity index is 1.98. The number of methoxy groups -OCH3 is 3. The number of fused-ring (bicyclic) bond motifs is 2. The monoisotopic (exact) mass is 373 g/mol. The molecule has 138 valence electrons. The molecule has 0 N–H and O–H groups in total. The van der Waals surface area contributed by atoms with Crippen molar-refractivity contribution < 1.29 is 14.2 Å². The largest absolute Gasteiger partial charge is 0.497 e. The summed E-state index contributed by atoms with van der Waals surface area (Å²) in [5, 5.41) is 0. The number of alkyl halides is 1. The number of nitrogens with zero attached hydrogens (tertiary/aromatic N) is 1. The van der Waals surface area contributed by atoms with Crippen LogP contribution in [0.25, 0.3) is 11.1 Å². The lowest BCUT2D eigenvalue weighted by molar-refractivity contribution is 0.193. The van der Waals surface area contributed by atoms with Crippen molar-refractivity contribution in [3.63, 3.8) is 0 Å². The first-order chi connectivity index (χ1) is 12.7. The number of hydrogen-bond acceptors (Lipinski definition) is 4. The van der Waals surface area contributed by atoms with E-state index in [1.54, 1.807) is 21.3 Å². The second kappa shape index (κ2) is 7.01. The summed E-state index contributed by atoms with van der Waals surface area (Å²) in [7, 11) is 5.11. The molecule has 1 atom stereocenters. The summed E-state index contributed by atoms with van der Waals surface area (Å²) < 4.78 is 16.9. The molecule has 2 aromatic carbocycles. The average molecular weight is 374 g/mol. The summed E-state index contributed by atoms with van der Waals surface area (Å²) in [4.78, 5) is 2.50. The van der Waals surface area contributed by atoms with Crippen LogP contribution in [0.15, 0.2) is 24.3 Å². The lowest BCUT2D eigenvalue weighted by Gasteiger charge is -2.42. The Morgan fingerprint density at radius 2 is 1.92 bits per heavy atom. The van der Waals surface area contributed by atoms with E-state index in [-0.39, 0.29) is 0 Å². The van der Waals surface area contributed by atoms with Crippen LogP contribution in [0.5, 0.6) is 17.2 Å². The molecule has 26 heavy (non-hydrogen) atoms. The Hall–Kier alpha value is -1.91. The van der Waals surface area contributed by atoms with Gasteiger partial charge in [0, 0.05) is 30.6 Å². The maximum absolute atomic E-state index is 6.08. The quantitative estimate of drug-likeness (QED) is 0.739. The molecular formula is C21H24ClNO3. The minimum atomic E-state index is 0.351. The third kappa shape index (κ3) is 2.63. The molecule has 0 spiro atoms. The van der Waals surface area contributed by atoms with Gasteiger partial charge in [-0.1, -0.05) is 6.07 Å². The number of halogens is 1. The van der Waals surface area contributed by atoms with Gasteiger partial charge in [-0.15, -0.1) is 11.6 Å². The minimum Gasteiger partial charge on any atom is -0.497 e. The Morgan fingerprint density at radius 3 is 2.62 bits per heavy atom. The Kier molecular flexibility index (Phi) is 4.72. The molecule has 0 saturated heterocycles. The fraction of sp³-hybridized carbons (Fsp3) is 0.429. The van der Waals surface area contributed by atoms with Crippen LogP contribution in [0.1, 0.15) is 22.7 Å². The van der Waals surface area contributed by atoms with Crippen LogP contribution in [0.3, 0.4) is 0 Å². The number of rotatable bonds is 5. The minimum absolute atomic E-state index is 0.351. The molecule has 2 aromatic rings. The predicted molar refractivity (Wildman–Crippen MR) is 104 cm³/mol. The molecule has 0 radical (unpaired) electrons. The highest BCUT2D eigenvalue weighted by Gasteiger charge is 2.36. The highest BCUT2D eigenvalue weighted by Crippen LogP contribution is 2.51. The van der Waals surface area contributed by atoms with Crippen molar-refractivity contribution in [3.8, 4) is 28.4 Å². The smallest absolute Gasteiger partial charge is 0.168 e. The van der Waals surface area contributed by atoms with Crippen molar-refractivity contribution in [2.75, 3.05) is 40.3 Å². The van der Waals surface area contributed by atoms with Gasteiger partial charge in [-0.05, 0) is 53.3 Å². The normalized spacial score (nSPS) is 18.1. The van der Waals surface area contributed by atoms with Gasteiger partial charge in [0.05, 0.1) is 21.3 Å². The van der Waals surface area contributed by atoms with Gasteiger partial charge in [0.15, 0.2) is 11.5 Å². The van der Waals surface area contributed by atoms with Crippen LogP contribution < -0.4 is 14.2 Å². The summed E-state index contributed by atoms with van der Waals surface area (Å²) in [5.74, 6) is 3.10. The van der Waals surface area contributed by atoms with Crippen LogP contribution in [-0.4, -0.2) is 45.2 Å². The molecular weight excluding hydrogens is 350 g/mol. The van der Waals surface area contributed by atoms with E-state index in [2.05, 4.69) is 23.1 Å². The fourth-order valence-electron chi connectivity index (χ4n) is 4.46. The van der Waals surface area contributed by atoms with Gasteiger partial charge in [-0.25, -0.2) is 0 Å². The lowest BCUT2D eigenvalue weighted by atomic mass is 9.76.